The molecule has 0 fully saturated rings. The SMILES string of the molecule is Cc1c(-c2cc3ccnc(-c4cc(C(C)(C)C)c5ccccc5c4)c3o2)oc2cc(CC(C)C)ccc12. The fourth-order valence-electron chi connectivity index (χ4n) is 5.45. The van der Waals surface area contributed by atoms with Crippen molar-refractivity contribution in [3.05, 3.63) is 89.6 Å². The number of aryl methyl sites for hydroxylation is 1. The molecular weight excluding hydrogens is 454 g/mol. The van der Waals surface area contributed by atoms with Crippen molar-refractivity contribution in [1.29, 1.82) is 0 Å². The minimum absolute atomic E-state index is 0.00234. The lowest BCUT2D eigenvalue weighted by Crippen LogP contribution is -2.12. The van der Waals surface area contributed by atoms with E-state index >= 15 is 0 Å². The van der Waals surface area contributed by atoms with Crippen molar-refractivity contribution in [2.24, 2.45) is 5.92 Å². The summed E-state index contributed by atoms with van der Waals surface area (Å²) in [5.41, 5.74) is 7.31. The van der Waals surface area contributed by atoms with Gasteiger partial charge in [-0.1, -0.05) is 71.0 Å². The first-order chi connectivity index (χ1) is 17.7. The number of pyridine rings is 1. The molecule has 0 saturated carbocycles. The van der Waals surface area contributed by atoms with Crippen LogP contribution in [0.3, 0.4) is 0 Å². The molecule has 3 heterocycles. The molecule has 0 radical (unpaired) electrons. The van der Waals surface area contributed by atoms with Gasteiger partial charge in [0.25, 0.3) is 0 Å². The summed E-state index contributed by atoms with van der Waals surface area (Å²) in [6.45, 7) is 13.4. The molecule has 0 N–H and O–H groups in total. The zero-order valence-electron chi connectivity index (χ0n) is 22.5. The number of benzene rings is 3. The van der Waals surface area contributed by atoms with Crippen LogP contribution in [0.25, 0.3) is 55.5 Å². The number of aromatic nitrogens is 1. The molecule has 37 heavy (non-hydrogen) atoms. The summed E-state index contributed by atoms with van der Waals surface area (Å²) in [4.78, 5) is 4.79. The largest absolute Gasteiger partial charge is 0.452 e. The monoisotopic (exact) mass is 487 g/mol. The minimum Gasteiger partial charge on any atom is -0.452 e. The summed E-state index contributed by atoms with van der Waals surface area (Å²) in [6.07, 6.45) is 2.90. The number of nitrogens with zero attached hydrogens (tertiary/aromatic N) is 1. The van der Waals surface area contributed by atoms with E-state index in [4.69, 9.17) is 13.8 Å². The van der Waals surface area contributed by atoms with Gasteiger partial charge in [0.05, 0.1) is 0 Å². The van der Waals surface area contributed by atoms with Gasteiger partial charge in [-0.25, -0.2) is 0 Å². The van der Waals surface area contributed by atoms with Gasteiger partial charge in [0, 0.05) is 28.1 Å². The third kappa shape index (κ3) is 4.13. The second-order valence-electron chi connectivity index (χ2n) is 11.7. The van der Waals surface area contributed by atoms with Crippen LogP contribution in [-0.2, 0) is 11.8 Å². The van der Waals surface area contributed by atoms with Crippen molar-refractivity contribution in [1.82, 2.24) is 4.98 Å². The van der Waals surface area contributed by atoms with E-state index in [1.165, 1.54) is 21.9 Å². The zero-order chi connectivity index (χ0) is 25.9. The molecule has 0 amide bonds. The van der Waals surface area contributed by atoms with Gasteiger partial charge in [0.1, 0.15) is 11.3 Å². The maximum Gasteiger partial charge on any atom is 0.173 e. The Morgan fingerprint density at radius 2 is 1.65 bits per heavy atom. The van der Waals surface area contributed by atoms with E-state index in [1.807, 2.05) is 12.3 Å². The van der Waals surface area contributed by atoms with Gasteiger partial charge < -0.3 is 8.83 Å². The molecule has 6 aromatic rings. The van der Waals surface area contributed by atoms with Crippen molar-refractivity contribution < 1.29 is 8.83 Å². The third-order valence-corrected chi connectivity index (χ3v) is 7.25. The van der Waals surface area contributed by atoms with Crippen molar-refractivity contribution >= 4 is 32.7 Å². The summed E-state index contributed by atoms with van der Waals surface area (Å²) in [5.74, 6) is 2.12. The first kappa shape index (κ1) is 23.5. The average molecular weight is 488 g/mol. The molecule has 0 aliphatic heterocycles. The van der Waals surface area contributed by atoms with Crippen molar-refractivity contribution in [3.8, 4) is 22.8 Å². The highest BCUT2D eigenvalue weighted by Gasteiger charge is 2.22. The van der Waals surface area contributed by atoms with Crippen LogP contribution in [0.15, 0.2) is 81.8 Å². The van der Waals surface area contributed by atoms with Crippen LogP contribution < -0.4 is 0 Å². The number of rotatable bonds is 4. The van der Waals surface area contributed by atoms with Crippen LogP contribution in [0.2, 0.25) is 0 Å². The van der Waals surface area contributed by atoms with E-state index in [2.05, 4.69) is 102 Å². The Morgan fingerprint density at radius 3 is 2.43 bits per heavy atom. The van der Waals surface area contributed by atoms with Crippen LogP contribution in [0.5, 0.6) is 0 Å². The molecule has 0 bridgehead atoms. The Kier molecular flexibility index (Phi) is 5.49. The number of hydrogen-bond donors (Lipinski definition) is 0. The molecule has 3 aromatic carbocycles. The first-order valence-electron chi connectivity index (χ1n) is 13.1. The second-order valence-corrected chi connectivity index (χ2v) is 11.7. The molecule has 0 unspecified atom stereocenters. The molecule has 0 aliphatic rings. The van der Waals surface area contributed by atoms with Gasteiger partial charge in [-0.3, -0.25) is 4.98 Å². The predicted octanol–water partition coefficient (Wildman–Crippen LogP) is 9.87. The second kappa shape index (κ2) is 8.62. The van der Waals surface area contributed by atoms with Gasteiger partial charge in [-0.2, -0.15) is 0 Å². The third-order valence-electron chi connectivity index (χ3n) is 7.25. The molecule has 0 spiro atoms. The molecule has 6 rings (SSSR count). The predicted molar refractivity (Wildman–Crippen MR) is 154 cm³/mol. The van der Waals surface area contributed by atoms with Gasteiger partial charge in [-0.05, 0) is 76.9 Å². The molecule has 186 valence electrons. The van der Waals surface area contributed by atoms with E-state index in [1.54, 1.807) is 0 Å². The van der Waals surface area contributed by atoms with Crippen molar-refractivity contribution in [3.63, 3.8) is 0 Å². The molecule has 3 heteroatoms. The molecule has 0 saturated heterocycles. The summed E-state index contributed by atoms with van der Waals surface area (Å²) < 4.78 is 12.9. The summed E-state index contributed by atoms with van der Waals surface area (Å²) in [7, 11) is 0. The van der Waals surface area contributed by atoms with Gasteiger partial charge in [-0.15, -0.1) is 0 Å². The minimum atomic E-state index is -0.00234. The first-order valence-corrected chi connectivity index (χ1v) is 13.1. The molecule has 3 aromatic heterocycles. The van der Waals surface area contributed by atoms with Crippen molar-refractivity contribution in [2.45, 2.75) is 53.4 Å². The molecule has 0 aliphatic carbocycles. The fourth-order valence-corrected chi connectivity index (χ4v) is 5.45. The average Bonchev–Trinajstić information content (AvgIpc) is 3.43. The summed E-state index contributed by atoms with van der Waals surface area (Å²) in [5, 5.41) is 4.64. The Morgan fingerprint density at radius 1 is 0.838 bits per heavy atom. The Bertz CT molecular complexity index is 1780. The van der Waals surface area contributed by atoms with Crippen LogP contribution in [-0.4, -0.2) is 4.98 Å². The maximum absolute atomic E-state index is 6.53. The Hall–Kier alpha value is -3.85. The topological polar surface area (TPSA) is 39.2 Å². The van der Waals surface area contributed by atoms with Crippen LogP contribution >= 0.6 is 0 Å². The summed E-state index contributed by atoms with van der Waals surface area (Å²) in [6, 6.07) is 23.7. The number of hydrogen-bond acceptors (Lipinski definition) is 3. The van der Waals surface area contributed by atoms with Gasteiger partial charge in [0.2, 0.25) is 0 Å². The lowest BCUT2D eigenvalue weighted by atomic mass is 9.82. The van der Waals surface area contributed by atoms with E-state index in [0.717, 1.165) is 56.7 Å². The van der Waals surface area contributed by atoms with E-state index < -0.39 is 0 Å². The molecular formula is C34H33NO2. The zero-order valence-corrected chi connectivity index (χ0v) is 22.5. The maximum atomic E-state index is 6.53. The standard InChI is InChI=1S/C34H33NO2/c1-20(2)15-22-11-12-26-21(3)32(36-29(26)16-22)30-19-24-13-14-35-31(33(24)37-30)25-17-23-9-7-8-10-27(23)28(18-25)34(4,5)6/h7-14,16-20H,15H2,1-6H3. The summed E-state index contributed by atoms with van der Waals surface area (Å²) >= 11 is 0. The number of fused-ring (bicyclic) bond motifs is 3. The van der Waals surface area contributed by atoms with Gasteiger partial charge in [0.15, 0.2) is 17.1 Å². The van der Waals surface area contributed by atoms with Gasteiger partial charge >= 0.3 is 0 Å². The Balaban J connectivity index is 1.51. The normalized spacial score (nSPS) is 12.4. The molecule has 0 atom stereocenters. The van der Waals surface area contributed by atoms with E-state index in [9.17, 15) is 0 Å². The van der Waals surface area contributed by atoms with Crippen LogP contribution in [0, 0.1) is 12.8 Å². The number of furan rings is 2. The van der Waals surface area contributed by atoms with Crippen LogP contribution in [0.4, 0.5) is 0 Å². The smallest absolute Gasteiger partial charge is 0.173 e. The Labute approximate surface area is 218 Å². The van der Waals surface area contributed by atoms with Crippen LogP contribution in [0.1, 0.15) is 51.3 Å². The highest BCUT2D eigenvalue weighted by Crippen LogP contribution is 2.40. The van der Waals surface area contributed by atoms with Crippen molar-refractivity contribution in [2.75, 3.05) is 0 Å². The van der Waals surface area contributed by atoms with E-state index in [-0.39, 0.29) is 5.41 Å². The fraction of sp³-hybridized carbons (Fsp3) is 0.265. The highest BCUT2D eigenvalue weighted by molar-refractivity contribution is 5.98. The highest BCUT2D eigenvalue weighted by atomic mass is 16.4. The van der Waals surface area contributed by atoms with E-state index in [0.29, 0.717) is 5.92 Å². The molecule has 3 nitrogen and oxygen atoms in total. The lowest BCUT2D eigenvalue weighted by Gasteiger charge is -2.22. The quantitative estimate of drug-likeness (QED) is 0.248. The lowest BCUT2D eigenvalue weighted by molar-refractivity contribution is 0.566.